The largest absolute Gasteiger partial charge is 0.467 e. The van der Waals surface area contributed by atoms with E-state index in [0.29, 0.717) is 6.42 Å². The lowest BCUT2D eigenvalue weighted by Gasteiger charge is -2.33. The number of aryl methyl sites for hydroxylation is 2. The zero-order valence-corrected chi connectivity index (χ0v) is 19.8. The number of ether oxygens (including phenoxy) is 1. The molecule has 3 heterocycles. The molecule has 3 N–H and O–H groups in total. The van der Waals surface area contributed by atoms with Crippen molar-refractivity contribution in [2.45, 2.75) is 83.6 Å². The van der Waals surface area contributed by atoms with Gasteiger partial charge >= 0.3 is 5.97 Å². The van der Waals surface area contributed by atoms with Crippen LogP contribution in [-0.2, 0) is 27.2 Å². The summed E-state index contributed by atoms with van der Waals surface area (Å²) in [5.41, 5.74) is 2.09. The Balaban J connectivity index is 1.34. The minimum atomic E-state index is -0.550. The van der Waals surface area contributed by atoms with Gasteiger partial charge in [0, 0.05) is 17.7 Å². The zero-order chi connectivity index (χ0) is 22.8. The molecule has 7 nitrogen and oxygen atoms in total. The molecule has 1 unspecified atom stereocenters. The topological polar surface area (TPSA) is 92.3 Å². The molecule has 0 radical (unpaired) electrons. The number of nitrogens with zero attached hydrogens (tertiary/aromatic N) is 1. The number of pyridine rings is 1. The molecule has 0 aromatic carbocycles. The van der Waals surface area contributed by atoms with Crippen molar-refractivity contribution >= 4 is 17.7 Å². The number of fused-ring (bicyclic) bond motifs is 1. The number of rotatable bonds is 11. The fraction of sp³-hybridized carbons (Fsp3) is 0.720. The van der Waals surface area contributed by atoms with Crippen molar-refractivity contribution in [1.29, 1.82) is 0 Å². The number of esters is 1. The number of hydrogen-bond acceptors (Lipinski definition) is 6. The van der Waals surface area contributed by atoms with Crippen molar-refractivity contribution < 1.29 is 14.3 Å². The van der Waals surface area contributed by atoms with Crippen LogP contribution in [0.2, 0.25) is 0 Å². The highest BCUT2D eigenvalue weighted by atomic mass is 16.5. The van der Waals surface area contributed by atoms with Crippen LogP contribution in [0, 0.1) is 5.41 Å². The number of carbonyl (C=O) groups is 2. The maximum Gasteiger partial charge on any atom is 0.328 e. The molecule has 32 heavy (non-hydrogen) atoms. The molecule has 0 aliphatic carbocycles. The lowest BCUT2D eigenvalue weighted by atomic mass is 9.80. The SMILES string of the molecule is COC(=O)C(CCCCCCCc1ccc2c(n1)NCCC2)NC(=O)C1(C)CCNCC1. The van der Waals surface area contributed by atoms with Gasteiger partial charge in [0.25, 0.3) is 0 Å². The van der Waals surface area contributed by atoms with E-state index in [2.05, 4.69) is 28.1 Å². The minimum absolute atomic E-state index is 0.0264. The molecule has 7 heteroatoms. The van der Waals surface area contributed by atoms with E-state index >= 15 is 0 Å². The highest BCUT2D eigenvalue weighted by Crippen LogP contribution is 2.28. The third-order valence-electron chi connectivity index (χ3n) is 6.92. The summed E-state index contributed by atoms with van der Waals surface area (Å²) in [6.45, 7) is 4.69. The summed E-state index contributed by atoms with van der Waals surface area (Å²) in [6, 6.07) is 3.83. The van der Waals surface area contributed by atoms with Crippen LogP contribution < -0.4 is 16.0 Å². The van der Waals surface area contributed by atoms with Crippen LogP contribution in [0.15, 0.2) is 12.1 Å². The van der Waals surface area contributed by atoms with E-state index in [-0.39, 0.29) is 11.9 Å². The van der Waals surface area contributed by atoms with Crippen LogP contribution >= 0.6 is 0 Å². The van der Waals surface area contributed by atoms with E-state index < -0.39 is 11.5 Å². The number of piperidine rings is 1. The maximum absolute atomic E-state index is 12.8. The fourth-order valence-corrected chi connectivity index (χ4v) is 4.62. The zero-order valence-electron chi connectivity index (χ0n) is 19.8. The minimum Gasteiger partial charge on any atom is -0.467 e. The summed E-state index contributed by atoms with van der Waals surface area (Å²) < 4.78 is 4.94. The molecule has 1 fully saturated rings. The first kappa shape index (κ1) is 24.5. The Morgan fingerprint density at radius 3 is 2.66 bits per heavy atom. The molecule has 178 valence electrons. The number of carbonyl (C=O) groups excluding carboxylic acids is 2. The van der Waals surface area contributed by atoms with Crippen LogP contribution in [-0.4, -0.2) is 49.6 Å². The molecule has 3 rings (SSSR count). The van der Waals surface area contributed by atoms with Crippen molar-refractivity contribution in [2.24, 2.45) is 5.41 Å². The van der Waals surface area contributed by atoms with Crippen molar-refractivity contribution in [3.8, 4) is 0 Å². The molecule has 2 aliphatic heterocycles. The van der Waals surface area contributed by atoms with Gasteiger partial charge < -0.3 is 20.7 Å². The molecule has 1 saturated heterocycles. The normalized spacial score (nSPS) is 18.2. The highest BCUT2D eigenvalue weighted by Gasteiger charge is 2.36. The Morgan fingerprint density at radius 1 is 1.12 bits per heavy atom. The van der Waals surface area contributed by atoms with Gasteiger partial charge in [0.05, 0.1) is 7.11 Å². The Hall–Kier alpha value is -2.15. The summed E-state index contributed by atoms with van der Waals surface area (Å²) in [5.74, 6) is 0.701. The van der Waals surface area contributed by atoms with Crippen molar-refractivity contribution in [3.63, 3.8) is 0 Å². The molecule has 0 spiro atoms. The first-order valence-electron chi connectivity index (χ1n) is 12.3. The lowest BCUT2D eigenvalue weighted by Crippen LogP contribution is -2.51. The van der Waals surface area contributed by atoms with Gasteiger partial charge in [-0.15, -0.1) is 0 Å². The second kappa shape index (κ2) is 12.2. The second-order valence-corrected chi connectivity index (χ2v) is 9.51. The number of anilines is 1. The quantitative estimate of drug-likeness (QED) is 0.358. The molecular weight excluding hydrogens is 404 g/mol. The molecule has 1 aromatic rings. The molecule has 1 aromatic heterocycles. The van der Waals surface area contributed by atoms with Crippen LogP contribution in [0.3, 0.4) is 0 Å². The number of amides is 1. The van der Waals surface area contributed by atoms with Crippen molar-refractivity contribution in [1.82, 2.24) is 15.6 Å². The number of aromatic nitrogens is 1. The van der Waals surface area contributed by atoms with Gasteiger partial charge in [-0.25, -0.2) is 9.78 Å². The number of hydrogen-bond donors (Lipinski definition) is 3. The number of methoxy groups -OCH3 is 1. The van der Waals surface area contributed by atoms with Crippen molar-refractivity contribution in [2.75, 3.05) is 32.1 Å². The Labute approximate surface area is 192 Å². The molecule has 2 aliphatic rings. The molecule has 0 saturated carbocycles. The monoisotopic (exact) mass is 444 g/mol. The van der Waals surface area contributed by atoms with Gasteiger partial charge in [0.1, 0.15) is 11.9 Å². The first-order chi connectivity index (χ1) is 15.5. The van der Waals surface area contributed by atoms with Gasteiger partial charge in [-0.05, 0) is 69.7 Å². The average Bonchev–Trinajstić information content (AvgIpc) is 2.82. The average molecular weight is 445 g/mol. The summed E-state index contributed by atoms with van der Waals surface area (Å²) in [5, 5.41) is 9.66. The van der Waals surface area contributed by atoms with E-state index in [1.807, 2.05) is 6.92 Å². The third kappa shape index (κ3) is 6.92. The Bertz CT molecular complexity index is 762. The third-order valence-corrected chi connectivity index (χ3v) is 6.92. The van der Waals surface area contributed by atoms with E-state index in [0.717, 1.165) is 88.9 Å². The maximum atomic E-state index is 12.8. The van der Waals surface area contributed by atoms with Crippen LogP contribution in [0.1, 0.15) is 76.0 Å². The Kier molecular flexibility index (Phi) is 9.33. The van der Waals surface area contributed by atoms with Gasteiger partial charge in [-0.3, -0.25) is 4.79 Å². The smallest absolute Gasteiger partial charge is 0.328 e. The van der Waals surface area contributed by atoms with Crippen LogP contribution in [0.5, 0.6) is 0 Å². The van der Waals surface area contributed by atoms with Gasteiger partial charge in [0.15, 0.2) is 0 Å². The first-order valence-corrected chi connectivity index (χ1v) is 12.3. The van der Waals surface area contributed by atoms with E-state index in [9.17, 15) is 9.59 Å². The predicted octanol–water partition coefficient (Wildman–Crippen LogP) is 3.37. The second-order valence-electron chi connectivity index (χ2n) is 9.51. The van der Waals surface area contributed by atoms with Crippen LogP contribution in [0.4, 0.5) is 5.82 Å². The summed E-state index contributed by atoms with van der Waals surface area (Å²) in [4.78, 5) is 29.8. The number of unbranched alkanes of at least 4 members (excludes halogenated alkanes) is 4. The summed E-state index contributed by atoms with van der Waals surface area (Å²) in [6.07, 6.45) is 10.9. The standard InChI is InChI=1S/C25H40N4O3/c1-25(14-17-26-18-15-25)24(31)29-21(23(30)32-2)11-7-5-3-4-6-10-20-13-12-19-9-8-16-27-22(19)28-20/h12-13,21,26H,3-11,14-18H2,1-2H3,(H,27,28)(H,29,31). The number of nitrogens with one attached hydrogen (secondary N) is 3. The van der Waals surface area contributed by atoms with E-state index in [1.165, 1.54) is 19.1 Å². The lowest BCUT2D eigenvalue weighted by molar-refractivity contribution is -0.147. The molecule has 1 atom stereocenters. The summed E-state index contributed by atoms with van der Waals surface area (Å²) >= 11 is 0. The van der Waals surface area contributed by atoms with Gasteiger partial charge in [-0.1, -0.05) is 38.7 Å². The van der Waals surface area contributed by atoms with Crippen molar-refractivity contribution in [3.05, 3.63) is 23.4 Å². The van der Waals surface area contributed by atoms with Gasteiger partial charge in [-0.2, -0.15) is 0 Å². The molecule has 0 bridgehead atoms. The highest BCUT2D eigenvalue weighted by molar-refractivity contribution is 5.87. The van der Waals surface area contributed by atoms with E-state index in [1.54, 1.807) is 0 Å². The van der Waals surface area contributed by atoms with E-state index in [4.69, 9.17) is 9.72 Å². The van der Waals surface area contributed by atoms with Gasteiger partial charge in [0.2, 0.25) is 5.91 Å². The molecular formula is C25H40N4O3. The fourth-order valence-electron chi connectivity index (χ4n) is 4.62. The predicted molar refractivity (Wildman–Crippen MR) is 127 cm³/mol. The Morgan fingerprint density at radius 2 is 1.88 bits per heavy atom. The molecule has 1 amide bonds. The van der Waals surface area contributed by atoms with Crippen LogP contribution in [0.25, 0.3) is 0 Å². The summed E-state index contributed by atoms with van der Waals surface area (Å²) in [7, 11) is 1.39.